The predicted octanol–water partition coefficient (Wildman–Crippen LogP) is 2.35. The smallest absolute Gasteiger partial charge is 0.326 e. The minimum Gasteiger partial charge on any atom is -0.496 e. The maximum atomic E-state index is 12.0. The molecule has 0 radical (unpaired) electrons. The molecule has 6 nitrogen and oxygen atoms in total. The third-order valence-corrected chi connectivity index (χ3v) is 3.53. The Morgan fingerprint density at radius 1 is 1.48 bits per heavy atom. The Bertz CT molecular complexity index is 522. The summed E-state index contributed by atoms with van der Waals surface area (Å²) >= 11 is 6.07. The Morgan fingerprint density at radius 2 is 2.14 bits per heavy atom. The first kappa shape index (κ1) is 17.1. The van der Waals surface area contributed by atoms with E-state index in [1.165, 1.54) is 14.2 Å². The number of hydrogen-bond donors (Lipinski definition) is 2. The van der Waals surface area contributed by atoms with Crippen LogP contribution in [0.25, 0.3) is 0 Å². The number of nitrogens with one attached hydrogen (secondary N) is 1. The van der Waals surface area contributed by atoms with Crippen LogP contribution in [0.3, 0.4) is 0 Å². The maximum Gasteiger partial charge on any atom is 0.326 e. The van der Waals surface area contributed by atoms with E-state index in [0.717, 1.165) is 4.90 Å². The van der Waals surface area contributed by atoms with Crippen molar-refractivity contribution in [3.8, 4) is 5.75 Å². The van der Waals surface area contributed by atoms with Crippen LogP contribution in [0.5, 0.6) is 5.75 Å². The van der Waals surface area contributed by atoms with Crippen LogP contribution >= 0.6 is 11.6 Å². The molecule has 1 aromatic carbocycles. The van der Waals surface area contributed by atoms with Crippen molar-refractivity contribution in [3.63, 3.8) is 0 Å². The average Bonchev–Trinajstić information content (AvgIpc) is 2.45. The fraction of sp³-hybridized carbons (Fsp3) is 0.429. The highest BCUT2D eigenvalue weighted by molar-refractivity contribution is 6.31. The summed E-state index contributed by atoms with van der Waals surface area (Å²) in [6, 6.07) is 3.84. The lowest BCUT2D eigenvalue weighted by molar-refractivity contribution is -0.141. The van der Waals surface area contributed by atoms with Gasteiger partial charge in [0, 0.05) is 24.2 Å². The normalized spacial score (nSPS) is 11.6. The second kappa shape index (κ2) is 7.73. The van der Waals surface area contributed by atoms with E-state index >= 15 is 0 Å². The van der Waals surface area contributed by atoms with Crippen LogP contribution in [0.1, 0.15) is 18.9 Å². The fourth-order valence-corrected chi connectivity index (χ4v) is 2.18. The molecule has 0 bridgehead atoms. The van der Waals surface area contributed by atoms with Gasteiger partial charge in [-0.2, -0.15) is 0 Å². The summed E-state index contributed by atoms with van der Waals surface area (Å²) in [4.78, 5) is 24.2. The summed E-state index contributed by atoms with van der Waals surface area (Å²) in [5.74, 6) is -0.471. The summed E-state index contributed by atoms with van der Waals surface area (Å²) in [5.41, 5.74) is 0.645. The molecule has 1 aromatic rings. The van der Waals surface area contributed by atoms with Crippen molar-refractivity contribution in [2.24, 2.45) is 0 Å². The highest BCUT2D eigenvalue weighted by atomic mass is 35.5. The number of carbonyl (C=O) groups excluding carboxylic acids is 1. The molecule has 0 aliphatic rings. The van der Waals surface area contributed by atoms with Gasteiger partial charge in [-0.05, 0) is 18.6 Å². The number of benzene rings is 1. The van der Waals surface area contributed by atoms with Crippen molar-refractivity contribution < 1.29 is 19.4 Å². The fourth-order valence-electron chi connectivity index (χ4n) is 1.95. The largest absolute Gasteiger partial charge is 0.496 e. The van der Waals surface area contributed by atoms with Crippen molar-refractivity contribution in [3.05, 3.63) is 28.8 Å². The van der Waals surface area contributed by atoms with Crippen LogP contribution in [0.2, 0.25) is 5.02 Å². The number of likely N-dealkylation sites (N-methyl/N-ethyl adjacent to an activating group) is 1. The van der Waals surface area contributed by atoms with E-state index in [9.17, 15) is 9.59 Å². The van der Waals surface area contributed by atoms with E-state index in [2.05, 4.69) is 5.32 Å². The Hall–Kier alpha value is -1.95. The van der Waals surface area contributed by atoms with Gasteiger partial charge >= 0.3 is 12.0 Å². The van der Waals surface area contributed by atoms with Crippen molar-refractivity contribution in [2.45, 2.75) is 25.9 Å². The Kier molecular flexibility index (Phi) is 6.30. The quantitative estimate of drug-likeness (QED) is 0.845. The Morgan fingerprint density at radius 3 is 2.67 bits per heavy atom. The zero-order chi connectivity index (χ0) is 16.0. The van der Waals surface area contributed by atoms with Gasteiger partial charge < -0.3 is 20.1 Å². The van der Waals surface area contributed by atoms with Gasteiger partial charge in [-0.3, -0.25) is 0 Å². The molecule has 21 heavy (non-hydrogen) atoms. The molecule has 1 rings (SSSR count). The highest BCUT2D eigenvalue weighted by Gasteiger charge is 2.24. The number of ether oxygens (including phenoxy) is 1. The van der Waals surface area contributed by atoms with Crippen molar-refractivity contribution >= 4 is 23.6 Å². The molecule has 116 valence electrons. The number of urea groups is 1. The van der Waals surface area contributed by atoms with Gasteiger partial charge in [0.2, 0.25) is 0 Å². The molecule has 1 unspecified atom stereocenters. The molecular formula is C14H19ClN2O4. The number of aliphatic carboxylic acids is 1. The molecule has 0 saturated heterocycles. The lowest BCUT2D eigenvalue weighted by Crippen LogP contribution is -2.46. The summed E-state index contributed by atoms with van der Waals surface area (Å²) in [6.07, 6.45) is 0.328. The molecule has 2 N–H and O–H groups in total. The molecule has 0 fully saturated rings. The van der Waals surface area contributed by atoms with Gasteiger partial charge in [-0.15, -0.1) is 0 Å². The molecule has 0 heterocycles. The third kappa shape index (κ3) is 4.26. The second-order valence-corrected chi connectivity index (χ2v) is 4.86. The van der Waals surface area contributed by atoms with Gasteiger partial charge in [-0.1, -0.05) is 24.6 Å². The van der Waals surface area contributed by atoms with E-state index in [-0.39, 0.29) is 6.54 Å². The zero-order valence-electron chi connectivity index (χ0n) is 12.2. The van der Waals surface area contributed by atoms with Crippen molar-refractivity contribution in [2.75, 3.05) is 14.2 Å². The molecule has 7 heteroatoms. The van der Waals surface area contributed by atoms with E-state index in [1.54, 1.807) is 25.1 Å². The number of carboxylic acids is 1. The molecular weight excluding hydrogens is 296 g/mol. The van der Waals surface area contributed by atoms with Crippen LogP contribution in [-0.4, -0.2) is 42.2 Å². The number of halogens is 1. The van der Waals surface area contributed by atoms with Crippen molar-refractivity contribution in [1.29, 1.82) is 0 Å². The average molecular weight is 315 g/mol. The number of nitrogens with zero attached hydrogens (tertiary/aromatic N) is 1. The second-order valence-electron chi connectivity index (χ2n) is 4.45. The topological polar surface area (TPSA) is 78.9 Å². The van der Waals surface area contributed by atoms with Gasteiger partial charge in [0.1, 0.15) is 11.8 Å². The van der Waals surface area contributed by atoms with Crippen LogP contribution in [0, 0.1) is 0 Å². The monoisotopic (exact) mass is 314 g/mol. The Labute approximate surface area is 128 Å². The number of methoxy groups -OCH3 is 1. The molecule has 0 spiro atoms. The molecule has 1 atom stereocenters. The molecule has 2 amide bonds. The molecule has 0 aliphatic heterocycles. The standard InChI is InChI=1S/C14H19ClN2O4/c1-4-11(13(18)19)17(2)14(20)16-8-9-10(15)6-5-7-12(9)21-3/h5-7,11H,4,8H2,1-3H3,(H,16,20)(H,18,19). The van der Waals surface area contributed by atoms with Crippen LogP contribution in [0.4, 0.5) is 4.79 Å². The number of hydrogen-bond acceptors (Lipinski definition) is 3. The highest BCUT2D eigenvalue weighted by Crippen LogP contribution is 2.25. The SMILES string of the molecule is CCC(C(=O)O)N(C)C(=O)NCc1c(Cl)cccc1OC. The molecule has 0 saturated carbocycles. The minimum atomic E-state index is -1.04. The Balaban J connectivity index is 2.75. The van der Waals surface area contributed by atoms with E-state index in [4.69, 9.17) is 21.4 Å². The summed E-state index contributed by atoms with van der Waals surface area (Å²) in [6.45, 7) is 1.86. The molecule has 0 aliphatic carbocycles. The number of carboxylic acid groups (broad SMARTS) is 1. The van der Waals surface area contributed by atoms with Gasteiger partial charge in [0.05, 0.1) is 7.11 Å². The van der Waals surface area contributed by atoms with Crippen LogP contribution in [-0.2, 0) is 11.3 Å². The summed E-state index contributed by atoms with van der Waals surface area (Å²) in [7, 11) is 2.96. The van der Waals surface area contributed by atoms with Crippen LogP contribution < -0.4 is 10.1 Å². The van der Waals surface area contributed by atoms with E-state index in [0.29, 0.717) is 22.8 Å². The first-order valence-corrected chi connectivity index (χ1v) is 6.85. The van der Waals surface area contributed by atoms with Crippen molar-refractivity contribution in [1.82, 2.24) is 10.2 Å². The number of amides is 2. The minimum absolute atomic E-state index is 0.155. The van der Waals surface area contributed by atoms with Gasteiger partial charge in [0.15, 0.2) is 0 Å². The maximum absolute atomic E-state index is 12.0. The summed E-state index contributed by atoms with van der Waals surface area (Å²) in [5, 5.41) is 12.2. The van der Waals surface area contributed by atoms with Crippen LogP contribution in [0.15, 0.2) is 18.2 Å². The lowest BCUT2D eigenvalue weighted by Gasteiger charge is -2.24. The first-order valence-electron chi connectivity index (χ1n) is 6.47. The summed E-state index contributed by atoms with van der Waals surface area (Å²) < 4.78 is 5.18. The predicted molar refractivity (Wildman–Crippen MR) is 79.7 cm³/mol. The van der Waals surface area contributed by atoms with E-state index in [1.807, 2.05) is 0 Å². The van der Waals surface area contributed by atoms with Gasteiger partial charge in [0.25, 0.3) is 0 Å². The zero-order valence-corrected chi connectivity index (χ0v) is 13.0. The molecule has 0 aromatic heterocycles. The lowest BCUT2D eigenvalue weighted by atomic mass is 10.2. The third-order valence-electron chi connectivity index (χ3n) is 3.17. The van der Waals surface area contributed by atoms with E-state index < -0.39 is 18.0 Å². The van der Waals surface area contributed by atoms with Gasteiger partial charge in [-0.25, -0.2) is 9.59 Å². The number of rotatable bonds is 6. The number of carbonyl (C=O) groups is 2. The first-order chi connectivity index (χ1) is 9.92.